The highest BCUT2D eigenvalue weighted by Crippen LogP contribution is 2.26. The highest BCUT2D eigenvalue weighted by Gasteiger charge is 2.22. The van der Waals surface area contributed by atoms with Crippen molar-refractivity contribution >= 4 is 44.7 Å². The molecule has 9 nitrogen and oxygen atoms in total. The van der Waals surface area contributed by atoms with Gasteiger partial charge in [-0.05, 0) is 67.6 Å². The minimum atomic E-state index is -4.03. The van der Waals surface area contributed by atoms with Crippen molar-refractivity contribution in [1.82, 2.24) is 0 Å². The number of para-hydroxylation sites is 2. The SMILES string of the molecule is COc1ccc(S(=O)(=O)Nc2ccccc2C(=O)Nc2ccccc2C(=O)Nc2ccc(C)cc2C(=O)c2ccccc2)cc1. The van der Waals surface area contributed by atoms with Crippen molar-refractivity contribution in [3.8, 4) is 5.75 Å². The van der Waals surface area contributed by atoms with E-state index in [1.54, 1.807) is 72.8 Å². The van der Waals surface area contributed by atoms with Gasteiger partial charge in [-0.2, -0.15) is 0 Å². The van der Waals surface area contributed by atoms with Crippen LogP contribution in [0.25, 0.3) is 0 Å². The van der Waals surface area contributed by atoms with E-state index >= 15 is 0 Å². The number of rotatable bonds is 10. The Morgan fingerprint density at radius 3 is 1.76 bits per heavy atom. The normalized spacial score (nSPS) is 10.9. The number of hydrogen-bond acceptors (Lipinski definition) is 6. The van der Waals surface area contributed by atoms with Gasteiger partial charge >= 0.3 is 0 Å². The van der Waals surface area contributed by atoms with Gasteiger partial charge in [0, 0.05) is 11.1 Å². The number of carbonyl (C=O) groups excluding carboxylic acids is 3. The molecule has 0 unspecified atom stereocenters. The Labute approximate surface area is 260 Å². The van der Waals surface area contributed by atoms with Crippen molar-refractivity contribution < 1.29 is 27.5 Å². The summed E-state index contributed by atoms with van der Waals surface area (Å²) >= 11 is 0. The minimum absolute atomic E-state index is 0.0123. The molecule has 0 atom stereocenters. The van der Waals surface area contributed by atoms with Crippen LogP contribution in [0.1, 0.15) is 42.2 Å². The van der Waals surface area contributed by atoms with E-state index < -0.39 is 21.8 Å². The quantitative estimate of drug-likeness (QED) is 0.152. The third kappa shape index (κ3) is 7.09. The Hall–Kier alpha value is -5.74. The molecule has 0 aliphatic carbocycles. The van der Waals surface area contributed by atoms with Gasteiger partial charge in [0.1, 0.15) is 5.75 Å². The Bertz CT molecular complexity index is 1990. The number of sulfonamides is 1. The largest absolute Gasteiger partial charge is 0.497 e. The summed E-state index contributed by atoms with van der Waals surface area (Å²) in [5, 5.41) is 5.54. The monoisotopic (exact) mass is 619 g/mol. The van der Waals surface area contributed by atoms with E-state index in [2.05, 4.69) is 15.4 Å². The summed E-state index contributed by atoms with van der Waals surface area (Å²) in [5.41, 5.74) is 2.40. The number of methoxy groups -OCH3 is 1. The summed E-state index contributed by atoms with van der Waals surface area (Å²) in [6.45, 7) is 1.85. The zero-order valence-corrected chi connectivity index (χ0v) is 25.2. The van der Waals surface area contributed by atoms with Crippen molar-refractivity contribution in [3.63, 3.8) is 0 Å². The maximum atomic E-state index is 13.5. The molecule has 0 radical (unpaired) electrons. The van der Waals surface area contributed by atoms with Crippen molar-refractivity contribution in [2.75, 3.05) is 22.5 Å². The van der Waals surface area contributed by atoms with Crippen LogP contribution in [0, 0.1) is 6.92 Å². The second kappa shape index (κ2) is 13.3. The van der Waals surface area contributed by atoms with Gasteiger partial charge in [-0.1, -0.05) is 66.2 Å². The fourth-order valence-electron chi connectivity index (χ4n) is 4.60. The number of ketones is 1. The molecule has 5 aromatic carbocycles. The average molecular weight is 620 g/mol. The van der Waals surface area contributed by atoms with Crippen LogP contribution in [0.3, 0.4) is 0 Å². The lowest BCUT2D eigenvalue weighted by Crippen LogP contribution is -2.21. The Morgan fingerprint density at radius 1 is 0.600 bits per heavy atom. The lowest BCUT2D eigenvalue weighted by atomic mass is 9.99. The molecule has 0 saturated heterocycles. The van der Waals surface area contributed by atoms with E-state index in [4.69, 9.17) is 4.74 Å². The summed E-state index contributed by atoms with van der Waals surface area (Å²) in [6, 6.07) is 32.3. The topological polar surface area (TPSA) is 131 Å². The molecule has 0 saturated carbocycles. The molecule has 3 N–H and O–H groups in total. The van der Waals surface area contributed by atoms with Gasteiger partial charge in [0.2, 0.25) is 0 Å². The number of anilines is 3. The summed E-state index contributed by atoms with van der Waals surface area (Å²) in [7, 11) is -2.56. The van der Waals surface area contributed by atoms with Crippen LogP contribution < -0.4 is 20.1 Å². The molecule has 0 heterocycles. The number of amides is 2. The molecule has 2 amide bonds. The van der Waals surface area contributed by atoms with E-state index in [1.807, 2.05) is 13.0 Å². The van der Waals surface area contributed by atoms with Crippen molar-refractivity contribution in [2.45, 2.75) is 11.8 Å². The highest BCUT2D eigenvalue weighted by molar-refractivity contribution is 7.92. The summed E-state index contributed by atoms with van der Waals surface area (Å²) in [6.07, 6.45) is 0. The van der Waals surface area contributed by atoms with Crippen LogP contribution in [0.15, 0.2) is 126 Å². The van der Waals surface area contributed by atoms with Crippen LogP contribution in [0.4, 0.5) is 17.1 Å². The Morgan fingerprint density at radius 2 is 1.13 bits per heavy atom. The molecule has 10 heteroatoms. The van der Waals surface area contributed by atoms with Crippen LogP contribution in [-0.2, 0) is 10.0 Å². The summed E-state index contributed by atoms with van der Waals surface area (Å²) in [4.78, 5) is 40.3. The predicted molar refractivity (Wildman–Crippen MR) is 174 cm³/mol. The molecule has 0 bridgehead atoms. The lowest BCUT2D eigenvalue weighted by Gasteiger charge is -2.16. The van der Waals surface area contributed by atoms with Gasteiger partial charge in [0.05, 0.1) is 40.2 Å². The zero-order chi connectivity index (χ0) is 32.0. The van der Waals surface area contributed by atoms with E-state index in [0.717, 1.165) is 5.56 Å². The highest BCUT2D eigenvalue weighted by atomic mass is 32.2. The fraction of sp³-hybridized carbons (Fsp3) is 0.0571. The third-order valence-electron chi connectivity index (χ3n) is 6.91. The summed E-state index contributed by atoms with van der Waals surface area (Å²) < 4.78 is 33.7. The average Bonchev–Trinajstić information content (AvgIpc) is 3.06. The molecule has 5 rings (SSSR count). The first-order valence-electron chi connectivity index (χ1n) is 13.8. The molecular formula is C35H29N3O6S. The van der Waals surface area contributed by atoms with Gasteiger partial charge in [-0.15, -0.1) is 0 Å². The minimum Gasteiger partial charge on any atom is -0.497 e. The first kappa shape index (κ1) is 30.7. The van der Waals surface area contributed by atoms with Gasteiger partial charge < -0.3 is 15.4 Å². The van der Waals surface area contributed by atoms with Crippen LogP contribution in [-0.4, -0.2) is 33.1 Å². The van der Waals surface area contributed by atoms with Gasteiger partial charge in [-0.3, -0.25) is 19.1 Å². The molecule has 226 valence electrons. The lowest BCUT2D eigenvalue weighted by molar-refractivity contribution is 0.102. The molecule has 5 aromatic rings. The van der Waals surface area contributed by atoms with E-state index in [1.165, 1.54) is 49.6 Å². The van der Waals surface area contributed by atoms with Gasteiger partial charge in [-0.25, -0.2) is 8.42 Å². The standard InChI is InChI=1S/C35H29N3O6S/c1-23-16-21-31(29(22-23)33(39)24-10-4-3-5-11-24)37-34(40)27-12-6-8-14-30(27)36-35(41)28-13-7-9-15-32(28)38-45(42,43)26-19-17-25(44-2)18-20-26/h3-22,38H,1-2H3,(H,36,41)(H,37,40). The Kier molecular flexibility index (Phi) is 9.06. The van der Waals surface area contributed by atoms with Gasteiger partial charge in [0.15, 0.2) is 5.78 Å². The third-order valence-corrected chi connectivity index (χ3v) is 8.29. The number of ether oxygens (including phenoxy) is 1. The van der Waals surface area contributed by atoms with Crippen LogP contribution in [0.2, 0.25) is 0 Å². The number of hydrogen-bond donors (Lipinski definition) is 3. The van der Waals surface area contributed by atoms with Crippen molar-refractivity contribution in [2.24, 2.45) is 0 Å². The van der Waals surface area contributed by atoms with Gasteiger partial charge in [0.25, 0.3) is 21.8 Å². The van der Waals surface area contributed by atoms with Crippen LogP contribution >= 0.6 is 0 Å². The van der Waals surface area contributed by atoms with Crippen LogP contribution in [0.5, 0.6) is 5.75 Å². The van der Waals surface area contributed by atoms with E-state index in [9.17, 15) is 22.8 Å². The molecule has 0 aliphatic heterocycles. The molecular weight excluding hydrogens is 590 g/mol. The molecule has 0 spiro atoms. The number of aryl methyl sites for hydroxylation is 1. The van der Waals surface area contributed by atoms with Crippen molar-refractivity contribution in [3.05, 3.63) is 149 Å². The first-order chi connectivity index (χ1) is 21.7. The zero-order valence-electron chi connectivity index (χ0n) is 24.4. The summed E-state index contributed by atoms with van der Waals surface area (Å²) in [5.74, 6) is -0.938. The maximum Gasteiger partial charge on any atom is 0.261 e. The second-order valence-corrected chi connectivity index (χ2v) is 11.7. The van der Waals surface area contributed by atoms with E-state index in [-0.39, 0.29) is 33.2 Å². The molecule has 0 aromatic heterocycles. The molecule has 0 aliphatic rings. The first-order valence-corrected chi connectivity index (χ1v) is 15.3. The molecule has 45 heavy (non-hydrogen) atoms. The number of nitrogens with one attached hydrogen (secondary N) is 3. The Balaban J connectivity index is 1.38. The van der Waals surface area contributed by atoms with E-state index in [0.29, 0.717) is 22.6 Å². The fourth-order valence-corrected chi connectivity index (χ4v) is 5.68. The number of carbonyl (C=O) groups is 3. The second-order valence-electron chi connectivity index (χ2n) is 10.0. The van der Waals surface area contributed by atoms with Crippen molar-refractivity contribution in [1.29, 1.82) is 0 Å². The molecule has 0 fully saturated rings. The smallest absolute Gasteiger partial charge is 0.261 e. The number of benzene rings is 5. The maximum absolute atomic E-state index is 13.5. The predicted octanol–water partition coefficient (Wildman–Crippen LogP) is 6.54.